The molecular formula is C16H26O6. The summed E-state index contributed by atoms with van der Waals surface area (Å²) in [5.74, 6) is -1.43. The molecule has 6 nitrogen and oxygen atoms in total. The lowest BCUT2D eigenvalue weighted by Gasteiger charge is -2.38. The fourth-order valence-electron chi connectivity index (χ4n) is 2.42. The van der Waals surface area contributed by atoms with Gasteiger partial charge in [0.15, 0.2) is 5.78 Å². The van der Waals surface area contributed by atoms with Crippen molar-refractivity contribution in [3.8, 4) is 0 Å². The van der Waals surface area contributed by atoms with E-state index < -0.39 is 5.79 Å². The summed E-state index contributed by atoms with van der Waals surface area (Å²) in [6, 6.07) is 0. The van der Waals surface area contributed by atoms with Gasteiger partial charge in [-0.2, -0.15) is 0 Å². The summed E-state index contributed by atoms with van der Waals surface area (Å²) in [5.41, 5.74) is 0. The molecule has 1 heterocycles. The van der Waals surface area contributed by atoms with Crippen LogP contribution in [0.3, 0.4) is 0 Å². The van der Waals surface area contributed by atoms with Crippen molar-refractivity contribution in [1.82, 2.24) is 0 Å². The van der Waals surface area contributed by atoms with Gasteiger partial charge in [0.2, 0.25) is 5.79 Å². The van der Waals surface area contributed by atoms with Crippen LogP contribution in [0.4, 0.5) is 0 Å². The lowest BCUT2D eigenvalue weighted by molar-refractivity contribution is -0.469. The van der Waals surface area contributed by atoms with Gasteiger partial charge < -0.3 is 9.47 Å². The van der Waals surface area contributed by atoms with Gasteiger partial charge in [-0.15, -0.1) is 0 Å². The highest BCUT2D eigenvalue weighted by atomic mass is 17.2. The molecule has 0 N–H and O–H groups in total. The Balaban J connectivity index is 2.43. The Morgan fingerprint density at radius 3 is 2.64 bits per heavy atom. The van der Waals surface area contributed by atoms with E-state index in [2.05, 4.69) is 0 Å². The quantitative estimate of drug-likeness (QED) is 0.297. The number of hydrogen-bond acceptors (Lipinski definition) is 6. The van der Waals surface area contributed by atoms with Crippen LogP contribution in [0.15, 0.2) is 12.2 Å². The van der Waals surface area contributed by atoms with Crippen molar-refractivity contribution in [2.75, 3.05) is 14.2 Å². The Morgan fingerprint density at radius 2 is 2.14 bits per heavy atom. The van der Waals surface area contributed by atoms with Crippen LogP contribution in [0.5, 0.6) is 0 Å². The standard InChI is InChI=1S/C16H26O6/c1-12(17)8-6-5-7-10-16(20-4)11-9-14(21-22-16)13(2)15(18)19-3/h6,8,13-14H,5,7,9-11H2,1-4H3/b8-6+/t13-,14-,16-/m1/s1. The molecular weight excluding hydrogens is 288 g/mol. The molecule has 0 spiro atoms. The lowest BCUT2D eigenvalue weighted by Crippen LogP contribution is -2.44. The first kappa shape index (κ1) is 18.8. The minimum Gasteiger partial charge on any atom is -0.469 e. The zero-order valence-corrected chi connectivity index (χ0v) is 13.8. The van der Waals surface area contributed by atoms with Gasteiger partial charge in [-0.1, -0.05) is 6.08 Å². The molecule has 0 aromatic rings. The molecule has 6 heteroatoms. The Labute approximate surface area is 131 Å². The molecule has 0 saturated carbocycles. The number of rotatable bonds is 8. The molecule has 1 fully saturated rings. The number of ketones is 1. The van der Waals surface area contributed by atoms with Crippen molar-refractivity contribution < 1.29 is 28.8 Å². The largest absolute Gasteiger partial charge is 0.469 e. The van der Waals surface area contributed by atoms with E-state index in [0.717, 1.165) is 12.8 Å². The van der Waals surface area contributed by atoms with Gasteiger partial charge in [0.05, 0.1) is 13.0 Å². The summed E-state index contributed by atoms with van der Waals surface area (Å²) in [7, 11) is 2.94. The summed E-state index contributed by atoms with van der Waals surface area (Å²) in [5, 5.41) is 0. The number of hydrogen-bond donors (Lipinski definition) is 0. The van der Waals surface area contributed by atoms with Gasteiger partial charge in [-0.25, -0.2) is 9.78 Å². The minimum atomic E-state index is -0.781. The highest BCUT2D eigenvalue weighted by Gasteiger charge is 2.41. The number of ether oxygens (including phenoxy) is 2. The summed E-state index contributed by atoms with van der Waals surface area (Å²) < 4.78 is 10.2. The third kappa shape index (κ3) is 5.51. The average Bonchev–Trinajstić information content (AvgIpc) is 2.53. The molecule has 1 aliphatic rings. The van der Waals surface area contributed by atoms with E-state index >= 15 is 0 Å². The molecule has 0 aliphatic carbocycles. The van der Waals surface area contributed by atoms with Crippen LogP contribution in [0.2, 0.25) is 0 Å². The third-order valence-electron chi connectivity index (χ3n) is 3.92. The molecule has 22 heavy (non-hydrogen) atoms. The van der Waals surface area contributed by atoms with E-state index in [1.165, 1.54) is 14.0 Å². The first-order valence-electron chi connectivity index (χ1n) is 7.58. The van der Waals surface area contributed by atoms with Gasteiger partial charge in [-0.3, -0.25) is 9.59 Å². The third-order valence-corrected chi connectivity index (χ3v) is 3.92. The van der Waals surface area contributed by atoms with E-state index in [-0.39, 0.29) is 23.8 Å². The Kier molecular flexibility index (Phi) is 7.72. The summed E-state index contributed by atoms with van der Waals surface area (Å²) >= 11 is 0. The second-order valence-electron chi connectivity index (χ2n) is 5.59. The maximum absolute atomic E-state index is 11.5. The van der Waals surface area contributed by atoms with Gasteiger partial charge >= 0.3 is 5.97 Å². The molecule has 1 rings (SSSR count). The first-order valence-corrected chi connectivity index (χ1v) is 7.58. The van der Waals surface area contributed by atoms with Gasteiger partial charge in [0, 0.05) is 20.0 Å². The van der Waals surface area contributed by atoms with Crippen molar-refractivity contribution in [2.45, 2.75) is 57.8 Å². The van der Waals surface area contributed by atoms with Gasteiger partial charge in [0.1, 0.15) is 6.10 Å². The van der Waals surface area contributed by atoms with E-state index in [0.29, 0.717) is 19.3 Å². The SMILES string of the molecule is COC(=O)[C@H](C)[C@H]1CC[C@](CCC/C=C/C(C)=O)(OC)OO1. The molecule has 126 valence electrons. The molecule has 0 radical (unpaired) electrons. The van der Waals surface area contributed by atoms with Crippen molar-refractivity contribution in [1.29, 1.82) is 0 Å². The fourth-order valence-corrected chi connectivity index (χ4v) is 2.42. The first-order chi connectivity index (χ1) is 10.4. The van der Waals surface area contributed by atoms with Crippen LogP contribution in [-0.4, -0.2) is 37.9 Å². The van der Waals surface area contributed by atoms with Crippen LogP contribution < -0.4 is 0 Å². The molecule has 0 aromatic carbocycles. The van der Waals surface area contributed by atoms with E-state index in [1.54, 1.807) is 20.1 Å². The van der Waals surface area contributed by atoms with Crippen LogP contribution in [0.1, 0.15) is 46.0 Å². The highest BCUT2D eigenvalue weighted by Crippen LogP contribution is 2.34. The van der Waals surface area contributed by atoms with Crippen molar-refractivity contribution in [2.24, 2.45) is 5.92 Å². The van der Waals surface area contributed by atoms with Crippen molar-refractivity contribution in [3.05, 3.63) is 12.2 Å². The second-order valence-corrected chi connectivity index (χ2v) is 5.59. The summed E-state index contributed by atoms with van der Waals surface area (Å²) in [4.78, 5) is 33.1. The van der Waals surface area contributed by atoms with Crippen molar-refractivity contribution in [3.63, 3.8) is 0 Å². The topological polar surface area (TPSA) is 71.1 Å². The Morgan fingerprint density at radius 1 is 1.41 bits per heavy atom. The zero-order valence-electron chi connectivity index (χ0n) is 13.8. The molecule has 1 saturated heterocycles. The van der Waals surface area contributed by atoms with Gasteiger partial charge in [0.25, 0.3) is 0 Å². The minimum absolute atomic E-state index is 0.0401. The summed E-state index contributed by atoms with van der Waals surface area (Å²) in [6.07, 6.45) is 6.63. The molecule has 0 unspecified atom stereocenters. The van der Waals surface area contributed by atoms with Crippen LogP contribution >= 0.6 is 0 Å². The average molecular weight is 314 g/mol. The van der Waals surface area contributed by atoms with Crippen molar-refractivity contribution >= 4 is 11.8 Å². The van der Waals surface area contributed by atoms with Gasteiger partial charge in [-0.05, 0) is 39.2 Å². The molecule has 0 aromatic heterocycles. The number of carbonyl (C=O) groups is 2. The van der Waals surface area contributed by atoms with E-state index in [1.807, 2.05) is 6.08 Å². The smallest absolute Gasteiger partial charge is 0.311 e. The predicted octanol–water partition coefficient (Wildman–Crippen LogP) is 2.56. The van der Waals surface area contributed by atoms with E-state index in [9.17, 15) is 9.59 Å². The van der Waals surface area contributed by atoms with Crippen LogP contribution in [-0.2, 0) is 28.8 Å². The molecule has 0 bridgehead atoms. The fraction of sp³-hybridized carbons (Fsp3) is 0.750. The van der Waals surface area contributed by atoms with Crippen LogP contribution in [0, 0.1) is 5.92 Å². The van der Waals surface area contributed by atoms with E-state index in [4.69, 9.17) is 19.2 Å². The molecule has 0 amide bonds. The summed E-state index contributed by atoms with van der Waals surface area (Å²) in [6.45, 7) is 3.28. The normalized spacial score (nSPS) is 26.8. The Hall–Kier alpha value is -1.24. The predicted molar refractivity (Wildman–Crippen MR) is 79.8 cm³/mol. The lowest BCUT2D eigenvalue weighted by atomic mass is 9.94. The second kappa shape index (κ2) is 9.02. The number of allylic oxidation sites excluding steroid dienone is 2. The molecule has 3 atom stereocenters. The Bertz CT molecular complexity index is 395. The maximum atomic E-state index is 11.5. The maximum Gasteiger partial charge on any atom is 0.311 e. The number of methoxy groups -OCH3 is 2. The van der Waals surface area contributed by atoms with Crippen LogP contribution in [0.25, 0.3) is 0 Å². The highest BCUT2D eigenvalue weighted by molar-refractivity contribution is 5.87. The zero-order chi connectivity index (χ0) is 16.6. The number of esters is 1. The molecule has 1 aliphatic heterocycles. The number of carbonyl (C=O) groups excluding carboxylic acids is 2. The number of unbranched alkanes of at least 4 members (excludes halogenated alkanes) is 1. The monoisotopic (exact) mass is 314 g/mol.